The lowest BCUT2D eigenvalue weighted by Gasteiger charge is -2.57. The fraction of sp³-hybridized carbons (Fsp3) is 0.934. The molecule has 6 saturated heterocycles. The molecule has 6 rings (SSSR count). The third kappa shape index (κ3) is 40.3. The second-order valence-electron chi connectivity index (χ2n) is 35.3. The Labute approximate surface area is 661 Å². The molecule has 0 aromatic rings. The Bertz CT molecular complexity index is 1940. The third-order valence-electron chi connectivity index (χ3n) is 26.2. The van der Waals surface area contributed by atoms with Crippen LogP contribution in [0.4, 0.5) is 0 Å². The number of fused-ring (bicyclic) bond motifs is 6. The lowest BCUT2D eigenvalue weighted by atomic mass is 10.0. The molecule has 6 heterocycles. The van der Waals surface area contributed by atoms with Crippen LogP contribution < -0.4 is 0 Å². The highest BCUT2D eigenvalue weighted by atomic mass is 16.2. The summed E-state index contributed by atoms with van der Waals surface area (Å²) in [5.74, 6) is 0.0355. The first-order chi connectivity index (χ1) is 52.1. The molecule has 6 aliphatic rings. The van der Waals surface area contributed by atoms with Gasteiger partial charge >= 0.3 is 0 Å². The number of rotatable bonds is 72. The Hall–Kier alpha value is -3.34. The van der Waals surface area contributed by atoms with Crippen LogP contribution in [0.5, 0.6) is 0 Å². The number of amides is 6. The summed E-state index contributed by atoms with van der Waals surface area (Å²) in [4.78, 5) is 102. The van der Waals surface area contributed by atoms with Gasteiger partial charge < -0.3 is 47.3 Å². The SMILES string of the molecule is CCCCCCCCN(CCCCCCCC)C(=O)CN(CC(=O)N(CCCCCCCC)CCCCCCCC)C(=O)C[N+]12CC[N+](CCC[N+]34CC[N+](CC(=O)N(CC(=O)N(CCCCCCCC)CCCCCCCC)CC(=O)N(CCCCCCCC)CCCCCCCC)(CC3)CC4)(CC1)CC2. The average Bonchev–Trinajstić information content (AvgIpc) is 0.762. The van der Waals surface area contributed by atoms with Crippen molar-refractivity contribution in [3.63, 3.8) is 0 Å². The van der Waals surface area contributed by atoms with Crippen molar-refractivity contribution in [2.24, 2.45) is 0 Å². The molecule has 0 aromatic carbocycles. The summed E-state index contributed by atoms with van der Waals surface area (Å²) in [7, 11) is 0. The molecule has 0 atom stereocenters. The highest BCUT2D eigenvalue weighted by molar-refractivity contribution is 5.90. The molecule has 0 radical (unpaired) electrons. The highest BCUT2D eigenvalue weighted by Gasteiger charge is 2.53. The number of carbonyl (C=O) groups excluding carboxylic acids is 6. The van der Waals surface area contributed by atoms with Crippen molar-refractivity contribution in [3.05, 3.63) is 0 Å². The van der Waals surface area contributed by atoms with Crippen molar-refractivity contribution >= 4 is 35.4 Å². The highest BCUT2D eigenvalue weighted by Crippen LogP contribution is 2.31. The normalized spacial score (nSPS) is 19.5. The third-order valence-corrected chi connectivity index (χ3v) is 26.2. The summed E-state index contributed by atoms with van der Waals surface area (Å²) < 4.78 is 3.78. The lowest BCUT2D eigenvalue weighted by molar-refractivity contribution is -1.09. The number of nitrogens with zero attached hydrogens (tertiary/aromatic N) is 10. The molecule has 624 valence electrons. The number of piperazine rings is 6. The predicted octanol–water partition coefficient (Wildman–Crippen LogP) is 18.6. The first-order valence-corrected chi connectivity index (χ1v) is 47.2. The van der Waals surface area contributed by atoms with Gasteiger partial charge in [0.1, 0.15) is 105 Å². The number of quaternary nitrogens is 4. The molecule has 6 amide bonds. The van der Waals surface area contributed by atoms with Gasteiger partial charge in [-0.05, 0) is 51.4 Å². The van der Waals surface area contributed by atoms with Crippen LogP contribution in [0.2, 0.25) is 0 Å². The maximum atomic E-state index is 15.3. The zero-order chi connectivity index (χ0) is 77.4. The quantitative estimate of drug-likeness (QED) is 0.0442. The number of carbonyl (C=O) groups is 6. The van der Waals surface area contributed by atoms with Gasteiger partial charge in [-0.2, -0.15) is 0 Å². The fourth-order valence-corrected chi connectivity index (χ4v) is 18.2. The van der Waals surface area contributed by atoms with E-state index in [-0.39, 0.29) is 61.6 Å². The molecule has 0 spiro atoms. The molecule has 0 aromatic heterocycles. The molecular weight excluding hydrogens is 1330 g/mol. The second kappa shape index (κ2) is 59.4. The Morgan fingerprint density at radius 3 is 0.495 bits per heavy atom. The van der Waals surface area contributed by atoms with Crippen LogP contribution in [0.15, 0.2) is 0 Å². The van der Waals surface area contributed by atoms with Crippen molar-refractivity contribution in [3.8, 4) is 0 Å². The van der Waals surface area contributed by atoms with E-state index >= 15 is 9.59 Å². The Kier molecular flexibility index (Phi) is 53.3. The van der Waals surface area contributed by atoms with Gasteiger partial charge in [0, 0.05) is 58.8 Å². The van der Waals surface area contributed by atoms with Crippen LogP contribution in [-0.4, -0.2) is 266 Å². The van der Waals surface area contributed by atoms with E-state index in [1.807, 2.05) is 0 Å². The van der Waals surface area contributed by atoms with Crippen LogP contribution in [0.1, 0.15) is 370 Å². The van der Waals surface area contributed by atoms with Gasteiger partial charge in [-0.25, -0.2) is 0 Å². The summed E-state index contributed by atoms with van der Waals surface area (Å²) in [6.45, 7) is 39.0. The summed E-state index contributed by atoms with van der Waals surface area (Å²) in [6, 6.07) is 0. The van der Waals surface area contributed by atoms with Gasteiger partial charge in [0.15, 0.2) is 13.1 Å². The van der Waals surface area contributed by atoms with E-state index in [1.54, 1.807) is 9.80 Å². The van der Waals surface area contributed by atoms with E-state index in [2.05, 4.69) is 75.0 Å². The molecule has 0 aliphatic carbocycles. The van der Waals surface area contributed by atoms with E-state index in [0.29, 0.717) is 13.1 Å². The van der Waals surface area contributed by atoms with Crippen molar-refractivity contribution in [1.82, 2.24) is 29.4 Å². The predicted molar refractivity (Wildman–Crippen MR) is 450 cm³/mol. The lowest BCUT2D eigenvalue weighted by Crippen LogP contribution is -2.77. The number of unbranched alkanes of at least 4 members (excludes halogenated alkanes) is 40. The van der Waals surface area contributed by atoms with E-state index in [4.69, 9.17) is 0 Å². The zero-order valence-electron chi connectivity index (χ0n) is 72.4. The molecule has 0 N–H and O–H groups in total. The van der Waals surface area contributed by atoms with Crippen LogP contribution in [0, 0.1) is 0 Å². The number of hydrogen-bond donors (Lipinski definition) is 0. The molecule has 4 bridgehead atoms. The fourth-order valence-electron chi connectivity index (χ4n) is 18.2. The largest absolute Gasteiger partial charge is 0.341 e. The first-order valence-electron chi connectivity index (χ1n) is 47.2. The van der Waals surface area contributed by atoms with Crippen LogP contribution in [0.25, 0.3) is 0 Å². The molecule has 6 aliphatic heterocycles. The molecular formula is C91H178N10O6+4. The average molecular weight is 1510 g/mol. The smallest absolute Gasteiger partial charge is 0.278 e. The Balaban J connectivity index is 1.47. The van der Waals surface area contributed by atoms with Crippen molar-refractivity contribution < 1.29 is 46.7 Å². The summed E-state index contributed by atoms with van der Waals surface area (Å²) in [6.07, 6.45) is 57.1. The van der Waals surface area contributed by atoms with Gasteiger partial charge in [0.2, 0.25) is 23.6 Å². The van der Waals surface area contributed by atoms with Crippen LogP contribution in [0.3, 0.4) is 0 Å². The minimum Gasteiger partial charge on any atom is -0.341 e. The molecule has 6 fully saturated rings. The van der Waals surface area contributed by atoms with E-state index in [1.165, 1.54) is 205 Å². The Morgan fingerprint density at radius 1 is 0.178 bits per heavy atom. The minimum absolute atomic E-state index is 0.00972. The monoisotopic (exact) mass is 1510 g/mol. The van der Waals surface area contributed by atoms with Gasteiger partial charge in [-0.15, -0.1) is 0 Å². The van der Waals surface area contributed by atoms with Gasteiger partial charge in [0.05, 0.1) is 13.1 Å². The summed E-state index contributed by atoms with van der Waals surface area (Å²) >= 11 is 0. The standard InChI is InChI=1S/C91H178N10O6/c1-9-17-25-33-41-49-58-92(59-50-42-34-26-18-10-2)86(102)80-96(81-87(103)93(60-51-43-35-27-19-11-3)61-52-44-36-28-20-12-4)90(106)84-100-74-68-98(69-75-100,70-76-100)66-57-67-99-71-77-101(78-72-99,79-73-99)85-91(107)97(82-88(104)94(62-53-45-37-29-21-13-5)63-54-46-38-30-22-14-6)83-89(105)95(64-55-47-39-31-23-15-7)65-56-48-40-32-24-16-8/h9-85H2,1-8H3/q+4. The Morgan fingerprint density at radius 2 is 0.327 bits per heavy atom. The maximum Gasteiger partial charge on any atom is 0.278 e. The molecule has 16 nitrogen and oxygen atoms in total. The van der Waals surface area contributed by atoms with E-state index in [0.717, 1.165) is 271 Å². The summed E-state index contributed by atoms with van der Waals surface area (Å²) in [5.41, 5.74) is 0. The van der Waals surface area contributed by atoms with Crippen molar-refractivity contribution in [2.75, 3.05) is 183 Å². The second-order valence-corrected chi connectivity index (χ2v) is 35.3. The number of hydrogen-bond acceptors (Lipinski definition) is 6. The van der Waals surface area contributed by atoms with Gasteiger partial charge in [-0.3, -0.25) is 28.8 Å². The van der Waals surface area contributed by atoms with E-state index in [9.17, 15) is 19.2 Å². The van der Waals surface area contributed by atoms with Crippen LogP contribution >= 0.6 is 0 Å². The molecule has 0 unspecified atom stereocenters. The van der Waals surface area contributed by atoms with Gasteiger partial charge in [-0.1, -0.05) is 312 Å². The van der Waals surface area contributed by atoms with Crippen LogP contribution in [-0.2, 0) is 28.8 Å². The van der Waals surface area contributed by atoms with Crippen molar-refractivity contribution in [1.29, 1.82) is 0 Å². The molecule has 16 heteroatoms. The maximum absolute atomic E-state index is 15.3. The molecule has 0 saturated carbocycles. The molecule has 107 heavy (non-hydrogen) atoms. The van der Waals surface area contributed by atoms with E-state index < -0.39 is 0 Å². The van der Waals surface area contributed by atoms with Gasteiger partial charge in [0.25, 0.3) is 11.8 Å². The van der Waals surface area contributed by atoms with Crippen molar-refractivity contribution in [2.45, 2.75) is 370 Å². The minimum atomic E-state index is -0.0166. The summed E-state index contributed by atoms with van der Waals surface area (Å²) in [5, 5.41) is 0. The topological polar surface area (TPSA) is 122 Å². The zero-order valence-corrected chi connectivity index (χ0v) is 72.4. The first kappa shape index (κ1) is 96.0.